The summed E-state index contributed by atoms with van der Waals surface area (Å²) in [5.41, 5.74) is 5.11. The van der Waals surface area contributed by atoms with Crippen LogP contribution in [0.4, 0.5) is 5.69 Å². The van der Waals surface area contributed by atoms with E-state index in [4.69, 9.17) is 0 Å². The number of aryl methyl sites for hydroxylation is 4. The first-order valence-electron chi connectivity index (χ1n) is 11.1. The molecule has 1 fully saturated rings. The highest BCUT2D eigenvalue weighted by Crippen LogP contribution is 2.28. The van der Waals surface area contributed by atoms with Gasteiger partial charge in [-0.3, -0.25) is 14.9 Å². The fourth-order valence-electron chi connectivity index (χ4n) is 4.54. The van der Waals surface area contributed by atoms with Crippen LogP contribution < -0.4 is 5.32 Å². The second-order valence-corrected chi connectivity index (χ2v) is 10.7. The number of non-ortho nitro benzene ring substituents is 1. The average Bonchev–Trinajstić information content (AvgIpc) is 2.75. The second kappa shape index (κ2) is 10.0. The molecule has 1 N–H and O–H groups in total. The largest absolute Gasteiger partial charge is 0.356 e. The van der Waals surface area contributed by atoms with Crippen molar-refractivity contribution in [1.82, 2.24) is 9.62 Å². The number of nitro groups is 1. The second-order valence-electron chi connectivity index (χ2n) is 8.80. The molecule has 1 aliphatic heterocycles. The molecule has 0 bridgehead atoms. The number of carbonyl (C=O) groups excluding carboxylic acids is 1. The Morgan fingerprint density at radius 1 is 1.06 bits per heavy atom. The van der Waals surface area contributed by atoms with Gasteiger partial charge in [0.1, 0.15) is 0 Å². The molecule has 1 saturated heterocycles. The highest BCUT2D eigenvalue weighted by atomic mass is 32.2. The van der Waals surface area contributed by atoms with Crippen LogP contribution in [0.3, 0.4) is 0 Å². The van der Waals surface area contributed by atoms with Crippen molar-refractivity contribution < 1.29 is 18.1 Å². The predicted octanol–water partition coefficient (Wildman–Crippen LogP) is 3.59. The molecule has 0 radical (unpaired) electrons. The molecule has 0 spiro atoms. The fraction of sp³-hybridized carbons (Fsp3) is 0.458. The predicted molar refractivity (Wildman–Crippen MR) is 127 cm³/mol. The monoisotopic (exact) mass is 473 g/mol. The van der Waals surface area contributed by atoms with Gasteiger partial charge < -0.3 is 5.32 Å². The van der Waals surface area contributed by atoms with Gasteiger partial charge >= 0.3 is 0 Å². The molecule has 8 nitrogen and oxygen atoms in total. The van der Waals surface area contributed by atoms with Gasteiger partial charge in [0.25, 0.3) is 5.69 Å². The van der Waals surface area contributed by atoms with Crippen LogP contribution in [0.25, 0.3) is 0 Å². The molecule has 2 aromatic carbocycles. The molecule has 1 heterocycles. The molecular formula is C24H31N3O5S. The molecule has 9 heteroatoms. The summed E-state index contributed by atoms with van der Waals surface area (Å²) in [6.07, 6.45) is 1.59. The lowest BCUT2D eigenvalue weighted by molar-refractivity contribution is -0.385. The average molecular weight is 474 g/mol. The van der Waals surface area contributed by atoms with Crippen molar-refractivity contribution in [2.75, 3.05) is 19.6 Å². The minimum Gasteiger partial charge on any atom is -0.356 e. The third-order valence-electron chi connectivity index (χ3n) is 6.34. The van der Waals surface area contributed by atoms with E-state index in [0.717, 1.165) is 12.5 Å². The Hall–Kier alpha value is -2.78. The summed E-state index contributed by atoms with van der Waals surface area (Å²) in [4.78, 5) is 23.1. The molecular weight excluding hydrogens is 442 g/mol. The number of sulfonamides is 1. The van der Waals surface area contributed by atoms with Crippen LogP contribution in [0, 0.1) is 43.7 Å². The van der Waals surface area contributed by atoms with E-state index in [-0.39, 0.29) is 35.5 Å². The van der Waals surface area contributed by atoms with Gasteiger partial charge in [-0.05, 0) is 69.2 Å². The zero-order chi connectivity index (χ0) is 24.3. The quantitative estimate of drug-likeness (QED) is 0.488. The lowest BCUT2D eigenvalue weighted by Gasteiger charge is -2.31. The Morgan fingerprint density at radius 2 is 1.67 bits per heavy atom. The standard InChI is InChI=1S/C24H31N3O5S/c1-16-13-18(3)22(19(4)14-16)7-10-25-24(28)20-8-11-26(12-9-20)33(31,32)23-15-21(27(29)30)6-5-17(23)2/h5-6,13-15,20H,7-12H2,1-4H3,(H,25,28). The van der Waals surface area contributed by atoms with Gasteiger partial charge in [0, 0.05) is 37.7 Å². The van der Waals surface area contributed by atoms with E-state index in [1.807, 2.05) is 0 Å². The molecule has 178 valence electrons. The molecule has 0 aliphatic carbocycles. The SMILES string of the molecule is Cc1cc(C)c(CCNC(=O)C2CCN(S(=O)(=O)c3cc([N+](=O)[O-])ccc3C)CC2)c(C)c1. The van der Waals surface area contributed by atoms with Crippen LogP contribution in [-0.2, 0) is 21.2 Å². The molecule has 0 saturated carbocycles. The molecule has 1 amide bonds. The van der Waals surface area contributed by atoms with Crippen molar-refractivity contribution in [1.29, 1.82) is 0 Å². The molecule has 0 unspecified atom stereocenters. The molecule has 3 rings (SSSR count). The van der Waals surface area contributed by atoms with Crippen LogP contribution in [0.1, 0.15) is 40.7 Å². The minimum absolute atomic E-state index is 0.0524. The molecule has 0 atom stereocenters. The Kier molecular flexibility index (Phi) is 7.54. The van der Waals surface area contributed by atoms with Crippen LogP contribution in [0.5, 0.6) is 0 Å². The Morgan fingerprint density at radius 3 is 2.24 bits per heavy atom. The van der Waals surface area contributed by atoms with Crippen LogP contribution in [0.2, 0.25) is 0 Å². The number of piperidine rings is 1. The highest BCUT2D eigenvalue weighted by Gasteiger charge is 2.33. The summed E-state index contributed by atoms with van der Waals surface area (Å²) in [6, 6.07) is 8.14. The maximum atomic E-state index is 13.1. The van der Waals surface area contributed by atoms with E-state index in [1.54, 1.807) is 6.92 Å². The summed E-state index contributed by atoms with van der Waals surface area (Å²) in [5, 5.41) is 14.1. The van der Waals surface area contributed by atoms with Crippen molar-refractivity contribution in [2.45, 2.75) is 51.9 Å². The normalized spacial score (nSPS) is 15.4. The number of rotatable bonds is 7. The lowest BCUT2D eigenvalue weighted by Crippen LogP contribution is -2.43. The topological polar surface area (TPSA) is 110 Å². The first kappa shape index (κ1) is 24.9. The first-order chi connectivity index (χ1) is 15.5. The zero-order valence-electron chi connectivity index (χ0n) is 19.6. The molecule has 0 aromatic heterocycles. The van der Waals surface area contributed by atoms with E-state index < -0.39 is 14.9 Å². The Bertz CT molecular complexity index is 1150. The fourth-order valence-corrected chi connectivity index (χ4v) is 6.25. The van der Waals surface area contributed by atoms with Gasteiger partial charge in [-0.25, -0.2) is 8.42 Å². The summed E-state index contributed by atoms with van der Waals surface area (Å²) < 4.78 is 27.5. The third kappa shape index (κ3) is 5.59. The van der Waals surface area contributed by atoms with E-state index in [0.29, 0.717) is 24.9 Å². The number of hydrogen-bond acceptors (Lipinski definition) is 5. The van der Waals surface area contributed by atoms with Crippen molar-refractivity contribution in [2.24, 2.45) is 5.92 Å². The Labute approximate surface area is 195 Å². The number of nitrogens with one attached hydrogen (secondary N) is 1. The summed E-state index contributed by atoms with van der Waals surface area (Å²) >= 11 is 0. The van der Waals surface area contributed by atoms with E-state index in [1.165, 1.54) is 38.7 Å². The summed E-state index contributed by atoms with van der Waals surface area (Å²) in [6.45, 7) is 8.80. The number of benzene rings is 2. The first-order valence-corrected chi connectivity index (χ1v) is 12.5. The summed E-state index contributed by atoms with van der Waals surface area (Å²) in [5.74, 6) is -0.302. The molecule has 2 aromatic rings. The minimum atomic E-state index is -3.87. The van der Waals surface area contributed by atoms with Crippen LogP contribution in [0.15, 0.2) is 35.2 Å². The number of hydrogen-bond donors (Lipinski definition) is 1. The Balaban J connectivity index is 1.58. The zero-order valence-corrected chi connectivity index (χ0v) is 20.4. The van der Waals surface area contributed by atoms with Crippen molar-refractivity contribution in [3.8, 4) is 0 Å². The van der Waals surface area contributed by atoms with E-state index in [2.05, 4.69) is 38.2 Å². The van der Waals surface area contributed by atoms with Crippen molar-refractivity contribution in [3.63, 3.8) is 0 Å². The summed E-state index contributed by atoms with van der Waals surface area (Å²) in [7, 11) is -3.87. The highest BCUT2D eigenvalue weighted by molar-refractivity contribution is 7.89. The van der Waals surface area contributed by atoms with E-state index in [9.17, 15) is 23.3 Å². The maximum absolute atomic E-state index is 13.1. The number of nitrogens with zero attached hydrogens (tertiary/aromatic N) is 2. The number of amides is 1. The smallest absolute Gasteiger partial charge is 0.270 e. The maximum Gasteiger partial charge on any atom is 0.270 e. The van der Waals surface area contributed by atoms with Crippen molar-refractivity contribution in [3.05, 3.63) is 68.3 Å². The number of carbonyl (C=O) groups is 1. The van der Waals surface area contributed by atoms with Gasteiger partial charge in [-0.1, -0.05) is 23.8 Å². The molecule has 33 heavy (non-hydrogen) atoms. The van der Waals surface area contributed by atoms with Gasteiger partial charge in [0.15, 0.2) is 0 Å². The van der Waals surface area contributed by atoms with Crippen molar-refractivity contribution >= 4 is 21.6 Å². The van der Waals surface area contributed by atoms with Gasteiger partial charge in [0.05, 0.1) is 9.82 Å². The van der Waals surface area contributed by atoms with Crippen LogP contribution >= 0.6 is 0 Å². The lowest BCUT2D eigenvalue weighted by atomic mass is 9.96. The third-order valence-corrected chi connectivity index (χ3v) is 8.38. The van der Waals surface area contributed by atoms with E-state index >= 15 is 0 Å². The van der Waals surface area contributed by atoms with Crippen LogP contribution in [-0.4, -0.2) is 43.2 Å². The van der Waals surface area contributed by atoms with Gasteiger partial charge in [-0.15, -0.1) is 0 Å². The van der Waals surface area contributed by atoms with Gasteiger partial charge in [0.2, 0.25) is 15.9 Å². The van der Waals surface area contributed by atoms with Gasteiger partial charge in [-0.2, -0.15) is 4.31 Å². The molecule has 1 aliphatic rings. The number of nitro benzene ring substituents is 1.